The first kappa shape index (κ1) is 27.1. The van der Waals surface area contributed by atoms with Crippen molar-refractivity contribution in [1.82, 2.24) is 10.3 Å². The van der Waals surface area contributed by atoms with E-state index in [1.165, 1.54) is 18.6 Å². The minimum absolute atomic E-state index is 0. The van der Waals surface area contributed by atoms with Gasteiger partial charge in [-0.15, -0.1) is 0 Å². The Kier molecular flexibility index (Phi) is 9.57. The lowest BCUT2D eigenvalue weighted by molar-refractivity contribution is -0.122. The molecule has 37 heavy (non-hydrogen) atoms. The molecule has 1 aliphatic heterocycles. The van der Waals surface area contributed by atoms with Gasteiger partial charge < -0.3 is 20.3 Å². The zero-order valence-electron chi connectivity index (χ0n) is 20.9. The molecule has 1 amide bonds. The normalized spacial score (nSPS) is 19.4. The summed E-state index contributed by atoms with van der Waals surface area (Å²) in [7, 11) is 0. The van der Waals surface area contributed by atoms with E-state index in [0.717, 1.165) is 56.2 Å². The van der Waals surface area contributed by atoms with Crippen molar-refractivity contribution in [2.24, 2.45) is 0 Å². The molecule has 2 aliphatic rings. The van der Waals surface area contributed by atoms with Crippen LogP contribution in [0.25, 0.3) is 11.3 Å². The molecule has 2 atom stereocenters. The molecule has 1 saturated carbocycles. The van der Waals surface area contributed by atoms with Gasteiger partial charge in [-0.3, -0.25) is 9.00 Å². The van der Waals surface area contributed by atoms with E-state index in [1.807, 2.05) is 42.5 Å². The molecule has 1 aromatic heterocycles. The summed E-state index contributed by atoms with van der Waals surface area (Å²) in [6.45, 7) is 1.39. The van der Waals surface area contributed by atoms with Crippen molar-refractivity contribution in [1.29, 1.82) is 0 Å². The number of nitrogens with one attached hydrogen (secondary N) is 2. The molecule has 202 valence electrons. The van der Waals surface area contributed by atoms with Crippen molar-refractivity contribution in [3.63, 3.8) is 0 Å². The van der Waals surface area contributed by atoms with E-state index in [0.29, 0.717) is 24.2 Å². The largest absolute Gasteiger partial charge is 0.768 e. The molecule has 0 bridgehead atoms. The van der Waals surface area contributed by atoms with Gasteiger partial charge in [0.05, 0.1) is 17.7 Å². The van der Waals surface area contributed by atoms with Crippen LogP contribution in [0, 0.1) is 0 Å². The highest BCUT2D eigenvalue weighted by Crippen LogP contribution is 2.40. The van der Waals surface area contributed by atoms with E-state index >= 15 is 0 Å². The second kappa shape index (κ2) is 13.1. The van der Waals surface area contributed by atoms with Gasteiger partial charge in [0.2, 0.25) is 5.91 Å². The van der Waals surface area contributed by atoms with Crippen LogP contribution in [0.5, 0.6) is 0 Å². The number of benzene rings is 2. The van der Waals surface area contributed by atoms with Crippen LogP contribution in [-0.2, 0) is 21.3 Å². The standard InChI is InChI=1S/C24H24N2O3S.C5H11NO.3H2/c27-23(24(16-5-2-6-17-24)19-8-3-1-4-9-19)26-22-11-7-10-21(25-22)18-12-14-20(15-13-18)30(28)29;7-4-5-2-1-3-6-5;;;/h1,3-4,7-15H,2,5-6,16-17H2,(H,28,29)(H,25,26,27);5-7H,1-4H2;3*1H/p-1/t;5-;;;/m.1.../s1. The Labute approximate surface area is 225 Å². The summed E-state index contributed by atoms with van der Waals surface area (Å²) in [5.74, 6) is 0.477. The summed E-state index contributed by atoms with van der Waals surface area (Å²) < 4.78 is 22.1. The molecule has 1 unspecified atom stereocenters. The Bertz CT molecular complexity index is 1190. The molecular weight excluding hydrogens is 486 g/mol. The van der Waals surface area contributed by atoms with E-state index < -0.39 is 16.5 Å². The molecule has 2 fully saturated rings. The molecule has 5 rings (SSSR count). The van der Waals surface area contributed by atoms with Crippen molar-refractivity contribution in [2.75, 3.05) is 18.5 Å². The number of hydrogen-bond donors (Lipinski definition) is 3. The third-order valence-electron chi connectivity index (χ3n) is 7.18. The van der Waals surface area contributed by atoms with Crippen molar-refractivity contribution in [3.05, 3.63) is 78.4 Å². The third-order valence-corrected chi connectivity index (χ3v) is 7.84. The van der Waals surface area contributed by atoms with Crippen LogP contribution in [0.2, 0.25) is 0 Å². The van der Waals surface area contributed by atoms with E-state index in [1.54, 1.807) is 18.2 Å². The molecule has 2 aromatic carbocycles. The first-order valence-electron chi connectivity index (χ1n) is 12.9. The van der Waals surface area contributed by atoms with Crippen LogP contribution in [-0.4, -0.2) is 44.0 Å². The summed E-state index contributed by atoms with van der Waals surface area (Å²) in [6.07, 6.45) is 7.25. The maximum Gasteiger partial charge on any atom is 0.236 e. The third kappa shape index (κ3) is 6.90. The maximum absolute atomic E-state index is 13.4. The number of carbonyl (C=O) groups is 1. The molecule has 2 heterocycles. The minimum atomic E-state index is -2.26. The number of amides is 1. The highest BCUT2D eigenvalue weighted by molar-refractivity contribution is 7.79. The van der Waals surface area contributed by atoms with Gasteiger partial charge in [-0.25, -0.2) is 4.98 Å². The summed E-state index contributed by atoms with van der Waals surface area (Å²) in [6, 6.07) is 22.4. The predicted molar refractivity (Wildman–Crippen MR) is 151 cm³/mol. The fourth-order valence-electron chi connectivity index (χ4n) is 5.11. The predicted octanol–water partition coefficient (Wildman–Crippen LogP) is 5.30. The number of rotatable bonds is 6. The van der Waals surface area contributed by atoms with E-state index in [9.17, 15) is 13.6 Å². The van der Waals surface area contributed by atoms with E-state index in [-0.39, 0.29) is 15.1 Å². The molecule has 3 aromatic rings. The number of aromatic nitrogens is 1. The van der Waals surface area contributed by atoms with Crippen LogP contribution in [0.15, 0.2) is 77.7 Å². The fraction of sp³-hybridized carbons (Fsp3) is 0.379. The quantitative estimate of drug-likeness (QED) is 0.376. The van der Waals surface area contributed by atoms with Gasteiger partial charge in [0.25, 0.3) is 0 Å². The van der Waals surface area contributed by atoms with Crippen molar-refractivity contribution in [3.8, 4) is 11.3 Å². The smallest absolute Gasteiger partial charge is 0.236 e. The Balaban J connectivity index is 0.000000702. The average Bonchev–Trinajstić information content (AvgIpc) is 3.49. The van der Waals surface area contributed by atoms with Crippen LogP contribution < -0.4 is 10.6 Å². The number of aliphatic hydroxyl groups is 1. The summed E-state index contributed by atoms with van der Waals surface area (Å²) in [5, 5.41) is 14.7. The minimum Gasteiger partial charge on any atom is -0.768 e. The number of nitrogens with zero attached hydrogens (tertiary/aromatic N) is 1. The van der Waals surface area contributed by atoms with Crippen LogP contribution in [0.3, 0.4) is 0 Å². The Morgan fingerprint density at radius 2 is 1.76 bits per heavy atom. The van der Waals surface area contributed by atoms with Gasteiger partial charge in [-0.05, 0) is 73.1 Å². The van der Waals surface area contributed by atoms with Gasteiger partial charge >= 0.3 is 0 Å². The van der Waals surface area contributed by atoms with Crippen LogP contribution in [0.1, 0.15) is 54.8 Å². The second-order valence-corrected chi connectivity index (χ2v) is 10.5. The van der Waals surface area contributed by atoms with Gasteiger partial charge in [-0.1, -0.05) is 67.8 Å². The second-order valence-electron chi connectivity index (χ2n) is 9.61. The first-order chi connectivity index (χ1) is 18.0. The molecule has 0 radical (unpaired) electrons. The molecule has 7 nitrogen and oxygen atoms in total. The van der Waals surface area contributed by atoms with Crippen molar-refractivity contribution >= 4 is 22.8 Å². The zero-order valence-corrected chi connectivity index (χ0v) is 21.7. The number of carbonyl (C=O) groups excluding carboxylic acids is 1. The summed E-state index contributed by atoms with van der Waals surface area (Å²) in [4.78, 5) is 18.3. The Morgan fingerprint density at radius 1 is 1.03 bits per heavy atom. The average molecular weight is 527 g/mol. The highest BCUT2D eigenvalue weighted by atomic mass is 32.2. The fourth-order valence-corrected chi connectivity index (χ4v) is 5.47. The maximum atomic E-state index is 13.4. The Hall–Kier alpha value is -2.91. The number of aliphatic hydroxyl groups excluding tert-OH is 1. The zero-order chi connectivity index (χ0) is 26.1. The van der Waals surface area contributed by atoms with Crippen molar-refractivity contribution in [2.45, 2.75) is 61.3 Å². The van der Waals surface area contributed by atoms with Gasteiger partial charge in [0.15, 0.2) is 0 Å². The first-order valence-corrected chi connectivity index (χ1v) is 14.0. The SMILES string of the molecule is O=C(Nc1cccc(-c2ccc(S(=O)[O-])cc2)n1)C1(c2ccccc2)CCCCC1.OC[C@H]1CCCN1.[HH].[HH].[HH]. The highest BCUT2D eigenvalue weighted by Gasteiger charge is 2.41. The topological polar surface area (TPSA) is 114 Å². The van der Waals surface area contributed by atoms with Gasteiger partial charge in [0, 0.05) is 20.8 Å². The van der Waals surface area contributed by atoms with E-state index in [2.05, 4.69) is 15.6 Å². The number of anilines is 1. The summed E-state index contributed by atoms with van der Waals surface area (Å²) in [5.41, 5.74) is 1.99. The molecule has 1 saturated heterocycles. The lowest BCUT2D eigenvalue weighted by Crippen LogP contribution is -2.42. The molecule has 8 heteroatoms. The van der Waals surface area contributed by atoms with Gasteiger partial charge in [0.1, 0.15) is 5.82 Å². The van der Waals surface area contributed by atoms with Crippen LogP contribution >= 0.6 is 0 Å². The molecule has 0 spiro atoms. The number of pyridine rings is 1. The molecule has 1 aliphatic carbocycles. The van der Waals surface area contributed by atoms with E-state index in [4.69, 9.17) is 5.11 Å². The molecule has 3 N–H and O–H groups in total. The van der Waals surface area contributed by atoms with Crippen LogP contribution in [0.4, 0.5) is 5.82 Å². The Morgan fingerprint density at radius 3 is 2.35 bits per heavy atom. The molecular formula is C29H40N3O4S-. The lowest BCUT2D eigenvalue weighted by Gasteiger charge is -2.36. The summed E-state index contributed by atoms with van der Waals surface area (Å²) >= 11 is -2.26. The monoisotopic (exact) mass is 526 g/mol. The number of hydrogen-bond acceptors (Lipinski definition) is 6. The van der Waals surface area contributed by atoms with Crippen molar-refractivity contribution < 1.29 is 22.9 Å². The van der Waals surface area contributed by atoms with Gasteiger partial charge in [-0.2, -0.15) is 0 Å². The lowest BCUT2D eigenvalue weighted by atomic mass is 9.68.